The largest absolute Gasteiger partial charge is 0.378 e. The average molecular weight is 214 g/mol. The summed E-state index contributed by atoms with van der Waals surface area (Å²) in [5, 5.41) is 0. The van der Waals surface area contributed by atoms with E-state index >= 15 is 0 Å². The Hall–Kier alpha value is -0.120. The van der Waals surface area contributed by atoms with E-state index in [-0.39, 0.29) is 0 Å². The second-order valence-electron chi connectivity index (χ2n) is 4.93. The summed E-state index contributed by atoms with van der Waals surface area (Å²) in [5.41, 5.74) is 2.98. The molecule has 0 aromatic heterocycles. The van der Waals surface area contributed by atoms with Crippen LogP contribution in [0.5, 0.6) is 0 Å². The maximum absolute atomic E-state index is 5.65. The molecular formula is C12H26N2O. The third-order valence-electron chi connectivity index (χ3n) is 3.60. The van der Waals surface area contributed by atoms with Gasteiger partial charge >= 0.3 is 0 Å². The minimum atomic E-state index is 0.361. The van der Waals surface area contributed by atoms with Crippen molar-refractivity contribution in [3.05, 3.63) is 0 Å². The van der Waals surface area contributed by atoms with Gasteiger partial charge in [0.05, 0.1) is 6.10 Å². The molecule has 0 bridgehead atoms. The lowest BCUT2D eigenvalue weighted by atomic mass is 9.86. The summed E-state index contributed by atoms with van der Waals surface area (Å²) in [4.78, 5) is 0. The summed E-state index contributed by atoms with van der Waals surface area (Å²) >= 11 is 0. The fraction of sp³-hybridized carbons (Fsp3) is 1.00. The van der Waals surface area contributed by atoms with Gasteiger partial charge in [-0.1, -0.05) is 26.7 Å². The topological polar surface area (TPSA) is 47.3 Å². The smallest absolute Gasteiger partial charge is 0.0591 e. The first-order valence-corrected chi connectivity index (χ1v) is 6.26. The van der Waals surface area contributed by atoms with Gasteiger partial charge in [0.25, 0.3) is 0 Å². The molecule has 3 nitrogen and oxygen atoms in total. The zero-order valence-corrected chi connectivity index (χ0v) is 10.3. The van der Waals surface area contributed by atoms with Crippen LogP contribution in [0.3, 0.4) is 0 Å². The van der Waals surface area contributed by atoms with Gasteiger partial charge in [0, 0.05) is 18.6 Å². The fourth-order valence-electron chi connectivity index (χ4n) is 2.69. The monoisotopic (exact) mass is 214 g/mol. The van der Waals surface area contributed by atoms with E-state index in [9.17, 15) is 0 Å². The van der Waals surface area contributed by atoms with Crippen LogP contribution < -0.4 is 11.3 Å². The second kappa shape index (κ2) is 6.46. The van der Waals surface area contributed by atoms with Crippen LogP contribution in [-0.4, -0.2) is 18.8 Å². The minimum Gasteiger partial charge on any atom is -0.378 e. The number of ether oxygens (including phenoxy) is 1. The Morgan fingerprint density at radius 3 is 2.73 bits per heavy atom. The molecule has 1 rings (SSSR count). The molecule has 0 spiro atoms. The Morgan fingerprint density at radius 2 is 2.27 bits per heavy atom. The highest BCUT2D eigenvalue weighted by Crippen LogP contribution is 2.27. The first-order valence-electron chi connectivity index (χ1n) is 6.26. The van der Waals surface area contributed by atoms with E-state index in [2.05, 4.69) is 26.2 Å². The maximum atomic E-state index is 5.65. The predicted molar refractivity (Wildman–Crippen MR) is 63.3 cm³/mol. The molecule has 1 aliphatic heterocycles. The molecule has 90 valence electrons. The molecule has 3 N–H and O–H groups in total. The molecule has 0 amide bonds. The highest BCUT2D eigenvalue weighted by molar-refractivity contribution is 4.84. The van der Waals surface area contributed by atoms with Crippen molar-refractivity contribution in [3.63, 3.8) is 0 Å². The lowest BCUT2D eigenvalue weighted by molar-refractivity contribution is 0.0920. The van der Waals surface area contributed by atoms with Crippen molar-refractivity contribution in [2.24, 2.45) is 17.7 Å². The van der Waals surface area contributed by atoms with Crippen LogP contribution in [0.1, 0.15) is 46.5 Å². The van der Waals surface area contributed by atoms with Gasteiger partial charge in [0.1, 0.15) is 0 Å². The third-order valence-corrected chi connectivity index (χ3v) is 3.60. The van der Waals surface area contributed by atoms with Crippen LogP contribution in [0.25, 0.3) is 0 Å². The van der Waals surface area contributed by atoms with Crippen molar-refractivity contribution in [2.75, 3.05) is 6.61 Å². The van der Waals surface area contributed by atoms with Gasteiger partial charge in [-0.05, 0) is 25.7 Å². The molecule has 1 heterocycles. The van der Waals surface area contributed by atoms with Crippen LogP contribution in [0, 0.1) is 11.8 Å². The first kappa shape index (κ1) is 12.9. The van der Waals surface area contributed by atoms with E-state index in [1.165, 1.54) is 19.3 Å². The van der Waals surface area contributed by atoms with E-state index in [1.807, 2.05) is 0 Å². The van der Waals surface area contributed by atoms with Gasteiger partial charge in [-0.3, -0.25) is 11.3 Å². The Kier molecular flexibility index (Phi) is 5.58. The molecule has 4 atom stereocenters. The summed E-state index contributed by atoms with van der Waals surface area (Å²) in [7, 11) is 0. The highest BCUT2D eigenvalue weighted by Gasteiger charge is 2.31. The van der Waals surface area contributed by atoms with Gasteiger partial charge in [-0.25, -0.2) is 0 Å². The highest BCUT2D eigenvalue weighted by atomic mass is 16.5. The molecule has 1 aliphatic rings. The molecule has 3 heteroatoms. The number of hydrazine groups is 1. The van der Waals surface area contributed by atoms with Crippen molar-refractivity contribution in [1.82, 2.24) is 5.43 Å². The van der Waals surface area contributed by atoms with Crippen molar-refractivity contribution < 1.29 is 4.74 Å². The van der Waals surface area contributed by atoms with Crippen LogP contribution in [-0.2, 0) is 4.74 Å². The lowest BCUT2D eigenvalue weighted by Crippen LogP contribution is -2.44. The van der Waals surface area contributed by atoms with E-state index in [0.29, 0.717) is 18.1 Å². The Bertz CT molecular complexity index is 175. The number of hydrogen-bond donors (Lipinski definition) is 2. The van der Waals surface area contributed by atoms with Gasteiger partial charge in [0.2, 0.25) is 0 Å². The van der Waals surface area contributed by atoms with Gasteiger partial charge in [0.15, 0.2) is 0 Å². The molecule has 0 radical (unpaired) electrons. The van der Waals surface area contributed by atoms with Crippen LogP contribution in [0.4, 0.5) is 0 Å². The molecular weight excluding hydrogens is 188 g/mol. The van der Waals surface area contributed by atoms with Crippen LogP contribution in [0.15, 0.2) is 0 Å². The quantitative estimate of drug-likeness (QED) is 0.525. The molecule has 0 saturated carbocycles. The van der Waals surface area contributed by atoms with Crippen molar-refractivity contribution in [1.29, 1.82) is 0 Å². The third kappa shape index (κ3) is 3.74. The predicted octanol–water partition coefficient (Wildman–Crippen LogP) is 2.07. The molecule has 15 heavy (non-hydrogen) atoms. The summed E-state index contributed by atoms with van der Waals surface area (Å²) in [6.07, 6.45) is 5.23. The zero-order valence-electron chi connectivity index (χ0n) is 10.3. The Morgan fingerprint density at radius 1 is 1.53 bits per heavy atom. The molecule has 0 aromatic carbocycles. The zero-order chi connectivity index (χ0) is 11.3. The van der Waals surface area contributed by atoms with Gasteiger partial charge in [-0.15, -0.1) is 0 Å². The molecule has 0 aliphatic carbocycles. The Balaban J connectivity index is 2.40. The molecule has 0 aromatic rings. The van der Waals surface area contributed by atoms with E-state index < -0.39 is 0 Å². The van der Waals surface area contributed by atoms with Crippen molar-refractivity contribution in [3.8, 4) is 0 Å². The van der Waals surface area contributed by atoms with E-state index in [0.717, 1.165) is 18.9 Å². The Labute approximate surface area is 93.7 Å². The standard InChI is InChI=1S/C12H26N2O/c1-4-5-9(2)8-12(14-13)11-6-7-15-10(11)3/h9-12,14H,4-8,13H2,1-3H3. The minimum absolute atomic E-state index is 0.361. The molecule has 1 fully saturated rings. The normalized spacial score (nSPS) is 30.4. The van der Waals surface area contributed by atoms with E-state index in [1.54, 1.807) is 0 Å². The van der Waals surface area contributed by atoms with Crippen molar-refractivity contribution >= 4 is 0 Å². The first-order chi connectivity index (χ1) is 7.19. The van der Waals surface area contributed by atoms with Crippen LogP contribution >= 0.6 is 0 Å². The molecule has 4 unspecified atom stereocenters. The summed E-state index contributed by atoms with van der Waals surface area (Å²) < 4.78 is 5.59. The molecule has 1 saturated heterocycles. The van der Waals surface area contributed by atoms with Crippen molar-refractivity contribution in [2.45, 2.75) is 58.6 Å². The lowest BCUT2D eigenvalue weighted by Gasteiger charge is -2.27. The maximum Gasteiger partial charge on any atom is 0.0591 e. The van der Waals surface area contributed by atoms with Gasteiger partial charge < -0.3 is 4.74 Å². The average Bonchev–Trinajstić information content (AvgIpc) is 2.61. The van der Waals surface area contributed by atoms with E-state index in [4.69, 9.17) is 10.6 Å². The number of rotatable bonds is 6. The van der Waals surface area contributed by atoms with Gasteiger partial charge in [-0.2, -0.15) is 0 Å². The number of nitrogens with one attached hydrogen (secondary N) is 1. The summed E-state index contributed by atoms with van der Waals surface area (Å²) in [6, 6.07) is 0.420. The number of nitrogens with two attached hydrogens (primary N) is 1. The van der Waals surface area contributed by atoms with Crippen LogP contribution in [0.2, 0.25) is 0 Å². The summed E-state index contributed by atoms with van der Waals surface area (Å²) in [6.45, 7) is 7.61. The fourth-order valence-corrected chi connectivity index (χ4v) is 2.69. The SMILES string of the molecule is CCCC(C)CC(NN)C1CCOC1C. The number of hydrogen-bond acceptors (Lipinski definition) is 3. The second-order valence-corrected chi connectivity index (χ2v) is 4.93. The summed E-state index contributed by atoms with van der Waals surface area (Å²) in [5.74, 6) is 7.00.